The first kappa shape index (κ1) is 9.14. The second-order valence-corrected chi connectivity index (χ2v) is 6.22. The van der Waals surface area contributed by atoms with Gasteiger partial charge in [0.2, 0.25) is 0 Å². The Bertz CT molecular complexity index is 90.9. The Morgan fingerprint density at radius 2 is 2.40 bits per heavy atom. The molecule has 0 amide bonds. The topological polar surface area (TPSA) is 0 Å². The van der Waals surface area contributed by atoms with Crippen LogP contribution in [0.25, 0.3) is 0 Å². The Labute approximate surface area is 76.3 Å². The Balaban J connectivity index is 1.83. The van der Waals surface area contributed by atoms with Gasteiger partial charge in [0, 0.05) is 27.8 Å². The molecule has 1 rings (SSSR count). The Kier molecular flexibility index (Phi) is 4.42. The molecule has 0 N–H and O–H groups in total. The normalized spacial score (nSPS) is 26.4. The van der Waals surface area contributed by atoms with Crippen LogP contribution in [0.4, 0.5) is 0 Å². The molecule has 1 fully saturated rings. The van der Waals surface area contributed by atoms with E-state index < -0.39 is 0 Å². The summed E-state index contributed by atoms with van der Waals surface area (Å²) >= 11 is 6.18. The van der Waals surface area contributed by atoms with Crippen molar-refractivity contribution in [1.82, 2.24) is 0 Å². The van der Waals surface area contributed by atoms with Crippen LogP contribution in [0.5, 0.6) is 0 Å². The van der Waals surface area contributed by atoms with Crippen molar-refractivity contribution in [2.75, 3.05) is 23.5 Å². The molecule has 0 bridgehead atoms. The molecule has 10 heavy (non-hydrogen) atoms. The van der Waals surface area contributed by atoms with Gasteiger partial charge in [-0.3, -0.25) is 0 Å². The van der Waals surface area contributed by atoms with Gasteiger partial charge in [-0.1, -0.05) is 6.92 Å². The van der Waals surface area contributed by atoms with Crippen LogP contribution in [0.15, 0.2) is 0 Å². The number of thioether (sulfide) groups is 3. The molecule has 0 nitrogen and oxygen atoms in total. The SMILES string of the molecule is CSC(C)CSCC1CS1. The average molecular weight is 194 g/mol. The maximum atomic E-state index is 2.30. The summed E-state index contributed by atoms with van der Waals surface area (Å²) in [6.07, 6.45) is 2.19. The Morgan fingerprint density at radius 1 is 1.70 bits per heavy atom. The first-order chi connectivity index (χ1) is 4.83. The molecule has 0 aromatic carbocycles. The third-order valence-electron chi connectivity index (χ3n) is 1.46. The van der Waals surface area contributed by atoms with Crippen LogP contribution in [-0.4, -0.2) is 34.0 Å². The van der Waals surface area contributed by atoms with Crippen LogP contribution in [0.3, 0.4) is 0 Å². The van der Waals surface area contributed by atoms with Gasteiger partial charge in [0.15, 0.2) is 0 Å². The highest BCUT2D eigenvalue weighted by Gasteiger charge is 2.21. The summed E-state index contributed by atoms with van der Waals surface area (Å²) < 4.78 is 0. The Morgan fingerprint density at radius 3 is 2.90 bits per heavy atom. The fourth-order valence-corrected chi connectivity index (χ4v) is 3.36. The van der Waals surface area contributed by atoms with E-state index in [4.69, 9.17) is 0 Å². The minimum absolute atomic E-state index is 0.841. The van der Waals surface area contributed by atoms with Crippen molar-refractivity contribution >= 4 is 35.3 Å². The summed E-state index contributed by atoms with van der Waals surface area (Å²) in [6, 6.07) is 0. The summed E-state index contributed by atoms with van der Waals surface area (Å²) in [6.45, 7) is 2.30. The van der Waals surface area contributed by atoms with Crippen molar-refractivity contribution in [2.45, 2.75) is 17.4 Å². The van der Waals surface area contributed by atoms with E-state index in [1.54, 1.807) is 0 Å². The predicted octanol–water partition coefficient (Wildman–Crippen LogP) is 2.59. The highest BCUT2D eigenvalue weighted by Crippen LogP contribution is 2.33. The molecular formula is C7H14S3. The third kappa shape index (κ3) is 4.04. The summed E-state index contributed by atoms with van der Waals surface area (Å²) in [7, 11) is 0. The van der Waals surface area contributed by atoms with E-state index in [-0.39, 0.29) is 0 Å². The molecular weight excluding hydrogens is 180 g/mol. The standard InChI is InChI=1S/C7H14S3/c1-6(8-2)3-9-4-7-5-10-7/h6-7H,3-5H2,1-2H3. The highest BCUT2D eigenvalue weighted by atomic mass is 32.2. The monoisotopic (exact) mass is 194 g/mol. The van der Waals surface area contributed by atoms with Gasteiger partial charge in [0.05, 0.1) is 0 Å². The molecule has 2 atom stereocenters. The lowest BCUT2D eigenvalue weighted by Crippen LogP contribution is -2.00. The van der Waals surface area contributed by atoms with E-state index in [0.717, 1.165) is 10.5 Å². The molecule has 0 aromatic heterocycles. The fourth-order valence-electron chi connectivity index (χ4n) is 0.598. The minimum Gasteiger partial charge on any atom is -0.161 e. The summed E-state index contributed by atoms with van der Waals surface area (Å²) in [5.74, 6) is 4.13. The zero-order chi connectivity index (χ0) is 7.40. The molecule has 0 spiro atoms. The maximum Gasteiger partial charge on any atom is 0.0229 e. The first-order valence-corrected chi connectivity index (χ1v) is 7.04. The van der Waals surface area contributed by atoms with Crippen molar-refractivity contribution in [1.29, 1.82) is 0 Å². The maximum absolute atomic E-state index is 2.30. The van der Waals surface area contributed by atoms with E-state index in [0.29, 0.717) is 0 Å². The van der Waals surface area contributed by atoms with E-state index in [2.05, 4.69) is 36.7 Å². The second kappa shape index (κ2) is 4.83. The van der Waals surface area contributed by atoms with Gasteiger partial charge in [-0.25, -0.2) is 0 Å². The minimum atomic E-state index is 0.841. The molecule has 0 radical (unpaired) electrons. The van der Waals surface area contributed by atoms with Gasteiger partial charge in [-0.15, -0.1) is 0 Å². The lowest BCUT2D eigenvalue weighted by Gasteiger charge is -2.05. The van der Waals surface area contributed by atoms with Gasteiger partial charge in [-0.2, -0.15) is 35.3 Å². The Hall–Kier alpha value is 1.05. The molecule has 1 saturated heterocycles. The lowest BCUT2D eigenvalue weighted by atomic mass is 10.6. The van der Waals surface area contributed by atoms with Gasteiger partial charge in [-0.05, 0) is 6.26 Å². The summed E-state index contributed by atoms with van der Waals surface area (Å²) in [4.78, 5) is 0. The second-order valence-electron chi connectivity index (χ2n) is 2.54. The molecule has 2 unspecified atom stereocenters. The lowest BCUT2D eigenvalue weighted by molar-refractivity contribution is 1.13. The van der Waals surface area contributed by atoms with E-state index in [1.807, 2.05) is 11.8 Å². The van der Waals surface area contributed by atoms with Crippen molar-refractivity contribution in [2.24, 2.45) is 0 Å². The summed E-state index contributed by atoms with van der Waals surface area (Å²) in [5.41, 5.74) is 0. The quantitative estimate of drug-likeness (QED) is 0.618. The predicted molar refractivity (Wildman–Crippen MR) is 56.5 cm³/mol. The number of hydrogen-bond acceptors (Lipinski definition) is 3. The van der Waals surface area contributed by atoms with E-state index in [1.165, 1.54) is 17.3 Å². The zero-order valence-corrected chi connectivity index (χ0v) is 8.95. The average Bonchev–Trinajstić information content (AvgIpc) is 2.71. The van der Waals surface area contributed by atoms with Gasteiger partial charge in [0.25, 0.3) is 0 Å². The van der Waals surface area contributed by atoms with Crippen LogP contribution in [0, 0.1) is 0 Å². The van der Waals surface area contributed by atoms with Crippen molar-refractivity contribution in [3.05, 3.63) is 0 Å². The smallest absolute Gasteiger partial charge is 0.0229 e. The summed E-state index contributed by atoms with van der Waals surface area (Å²) in [5, 5.41) is 1.85. The molecule has 1 heterocycles. The first-order valence-electron chi connectivity index (χ1n) is 3.55. The molecule has 3 heteroatoms. The highest BCUT2D eigenvalue weighted by molar-refractivity contribution is 8.09. The number of rotatable bonds is 5. The largest absolute Gasteiger partial charge is 0.161 e. The van der Waals surface area contributed by atoms with Crippen LogP contribution < -0.4 is 0 Å². The molecule has 0 aliphatic carbocycles. The molecule has 1 aliphatic rings. The van der Waals surface area contributed by atoms with Crippen molar-refractivity contribution < 1.29 is 0 Å². The van der Waals surface area contributed by atoms with Crippen molar-refractivity contribution in [3.63, 3.8) is 0 Å². The van der Waals surface area contributed by atoms with Gasteiger partial charge in [0.1, 0.15) is 0 Å². The van der Waals surface area contributed by atoms with Gasteiger partial charge >= 0.3 is 0 Å². The van der Waals surface area contributed by atoms with Gasteiger partial charge < -0.3 is 0 Å². The fraction of sp³-hybridized carbons (Fsp3) is 1.00. The molecule has 0 aromatic rings. The van der Waals surface area contributed by atoms with Crippen LogP contribution >= 0.6 is 35.3 Å². The zero-order valence-electron chi connectivity index (χ0n) is 6.50. The molecule has 60 valence electrons. The third-order valence-corrected chi connectivity index (χ3v) is 5.20. The van der Waals surface area contributed by atoms with Crippen LogP contribution in [0.1, 0.15) is 6.92 Å². The van der Waals surface area contributed by atoms with Crippen LogP contribution in [-0.2, 0) is 0 Å². The molecule has 0 saturated carbocycles. The van der Waals surface area contributed by atoms with E-state index in [9.17, 15) is 0 Å². The van der Waals surface area contributed by atoms with Crippen LogP contribution in [0.2, 0.25) is 0 Å². The van der Waals surface area contributed by atoms with E-state index >= 15 is 0 Å². The van der Waals surface area contributed by atoms with Crippen molar-refractivity contribution in [3.8, 4) is 0 Å². The number of hydrogen-bond donors (Lipinski definition) is 0. The molecule has 1 aliphatic heterocycles.